The molecular formula is C35H35BrClF2NO2Si. The first kappa shape index (κ1) is 31.6. The Kier molecular flexibility index (Phi) is 9.28. The molecule has 4 aromatic rings. The lowest BCUT2D eigenvalue weighted by Gasteiger charge is -2.47. The molecule has 1 aliphatic rings. The topological polar surface area (TPSA) is 29.5 Å². The molecule has 224 valence electrons. The fourth-order valence-electron chi connectivity index (χ4n) is 6.49. The fourth-order valence-corrected chi connectivity index (χ4v) is 11.8. The Morgan fingerprint density at radius 3 is 2.09 bits per heavy atom. The minimum atomic E-state index is -2.93. The van der Waals surface area contributed by atoms with E-state index in [2.05, 4.69) is 61.0 Å². The van der Waals surface area contributed by atoms with Gasteiger partial charge < -0.3 is 9.33 Å². The van der Waals surface area contributed by atoms with Gasteiger partial charge in [0.1, 0.15) is 11.6 Å². The van der Waals surface area contributed by atoms with Crippen molar-refractivity contribution in [2.24, 2.45) is 0 Å². The van der Waals surface area contributed by atoms with Crippen LogP contribution in [0.25, 0.3) is 0 Å². The number of carbonyl (C=O) groups is 1. The van der Waals surface area contributed by atoms with Crippen LogP contribution in [0, 0.1) is 11.6 Å². The Hall–Kier alpha value is -2.84. The minimum absolute atomic E-state index is 0.166. The van der Waals surface area contributed by atoms with Crippen LogP contribution < -0.4 is 10.4 Å². The Labute approximate surface area is 267 Å². The van der Waals surface area contributed by atoms with Gasteiger partial charge in [-0.2, -0.15) is 0 Å². The maximum atomic E-state index is 14.8. The van der Waals surface area contributed by atoms with Crippen molar-refractivity contribution in [3.8, 4) is 0 Å². The Bertz CT molecular complexity index is 1550. The summed E-state index contributed by atoms with van der Waals surface area (Å²) in [5.74, 6) is -1.13. The van der Waals surface area contributed by atoms with E-state index in [1.165, 1.54) is 18.2 Å². The van der Waals surface area contributed by atoms with Crippen LogP contribution in [-0.4, -0.2) is 31.8 Å². The highest BCUT2D eigenvalue weighted by atomic mass is 79.9. The largest absolute Gasteiger partial charge is 0.405 e. The third kappa shape index (κ3) is 5.97. The molecule has 43 heavy (non-hydrogen) atoms. The first-order valence-electron chi connectivity index (χ1n) is 14.4. The number of nitrogens with zero attached hydrogens (tertiary/aromatic N) is 1. The number of rotatable bonds is 7. The van der Waals surface area contributed by atoms with E-state index >= 15 is 0 Å². The van der Waals surface area contributed by atoms with Crippen molar-refractivity contribution in [3.63, 3.8) is 0 Å². The number of halogens is 4. The number of amides is 1. The molecule has 8 heteroatoms. The van der Waals surface area contributed by atoms with Gasteiger partial charge in [0.25, 0.3) is 8.32 Å². The number of benzene rings is 4. The Morgan fingerprint density at radius 1 is 0.930 bits per heavy atom. The lowest BCUT2D eigenvalue weighted by atomic mass is 9.88. The van der Waals surface area contributed by atoms with Gasteiger partial charge in [0.15, 0.2) is 0 Å². The van der Waals surface area contributed by atoms with Crippen molar-refractivity contribution in [2.45, 2.75) is 57.7 Å². The van der Waals surface area contributed by atoms with E-state index in [4.69, 9.17) is 16.0 Å². The molecule has 5 rings (SSSR count). The van der Waals surface area contributed by atoms with Crippen LogP contribution in [0.2, 0.25) is 10.1 Å². The second-order valence-electron chi connectivity index (χ2n) is 12.1. The summed E-state index contributed by atoms with van der Waals surface area (Å²) in [4.78, 5) is 15.9. The smallest absolute Gasteiger partial charge is 0.261 e. The second-order valence-corrected chi connectivity index (χ2v) is 17.6. The molecule has 0 saturated carbocycles. The van der Waals surface area contributed by atoms with Crippen LogP contribution in [0.4, 0.5) is 8.78 Å². The first-order chi connectivity index (χ1) is 20.5. The van der Waals surface area contributed by atoms with E-state index < -0.39 is 26.2 Å². The van der Waals surface area contributed by atoms with Crippen LogP contribution >= 0.6 is 27.5 Å². The normalized spacial score (nSPS) is 17.1. The van der Waals surface area contributed by atoms with Crippen molar-refractivity contribution in [1.82, 2.24) is 4.90 Å². The monoisotopic (exact) mass is 681 g/mol. The lowest BCUT2D eigenvalue weighted by molar-refractivity contribution is -0.137. The predicted molar refractivity (Wildman–Crippen MR) is 176 cm³/mol. The van der Waals surface area contributed by atoms with Gasteiger partial charge in [-0.1, -0.05) is 105 Å². The average Bonchev–Trinajstić information content (AvgIpc) is 2.98. The lowest BCUT2D eigenvalue weighted by Crippen LogP contribution is -2.67. The highest BCUT2D eigenvalue weighted by Gasteiger charge is 2.51. The molecule has 0 aliphatic carbocycles. The van der Waals surface area contributed by atoms with Crippen LogP contribution in [0.1, 0.15) is 50.4 Å². The highest BCUT2D eigenvalue weighted by Crippen LogP contribution is 2.41. The van der Waals surface area contributed by atoms with Gasteiger partial charge >= 0.3 is 0 Å². The van der Waals surface area contributed by atoms with E-state index in [0.717, 1.165) is 21.5 Å². The quantitative estimate of drug-likeness (QED) is 0.185. The summed E-state index contributed by atoms with van der Waals surface area (Å²) in [5.41, 5.74) is 1.83. The number of carbonyl (C=O) groups excluding carboxylic acids is 1. The summed E-state index contributed by atoms with van der Waals surface area (Å²) < 4.78 is 37.2. The van der Waals surface area contributed by atoms with Gasteiger partial charge in [-0.15, -0.1) is 0 Å². The summed E-state index contributed by atoms with van der Waals surface area (Å²) in [6.45, 7) is 8.75. The molecular weight excluding hydrogens is 648 g/mol. The van der Waals surface area contributed by atoms with Crippen LogP contribution in [0.15, 0.2) is 95.5 Å². The highest BCUT2D eigenvalue weighted by molar-refractivity contribution is 9.10. The Morgan fingerprint density at radius 2 is 1.53 bits per heavy atom. The predicted octanol–water partition coefficient (Wildman–Crippen LogP) is 8.01. The summed E-state index contributed by atoms with van der Waals surface area (Å²) in [6.07, 6.45) is 0.191. The molecule has 2 atom stereocenters. The van der Waals surface area contributed by atoms with Crippen LogP contribution in [0.3, 0.4) is 0 Å². The summed E-state index contributed by atoms with van der Waals surface area (Å²) >= 11 is 9.80. The zero-order valence-corrected chi connectivity index (χ0v) is 28.1. The fraction of sp³-hybridized carbons (Fsp3) is 0.286. The molecule has 0 fully saturated rings. The van der Waals surface area contributed by atoms with Gasteiger partial charge in [-0.3, -0.25) is 4.79 Å². The van der Waals surface area contributed by atoms with Gasteiger partial charge in [0.2, 0.25) is 5.91 Å². The van der Waals surface area contributed by atoms with E-state index in [0.29, 0.717) is 10.9 Å². The van der Waals surface area contributed by atoms with Gasteiger partial charge in [-0.25, -0.2) is 8.78 Å². The van der Waals surface area contributed by atoms with E-state index in [-0.39, 0.29) is 40.4 Å². The second kappa shape index (κ2) is 12.6. The zero-order valence-electron chi connectivity index (χ0n) is 24.7. The summed E-state index contributed by atoms with van der Waals surface area (Å²) in [7, 11) is -2.93. The minimum Gasteiger partial charge on any atom is -0.405 e. The first-order valence-corrected chi connectivity index (χ1v) is 17.5. The standard InChI is InChI=1S/C35H35BrClF2NO2Si/c1-23-27-18-19-32(39)34(36)28(27)20-24(40(23)33(41)21-29-30(37)16-11-17-31(29)38)22-42-43(35(2,3)4,25-12-7-5-8-13-25)26-14-9-6-10-15-26/h5-19,23-24H,20-22H2,1-4H3/t23-,24+/m0/s1. The van der Waals surface area contributed by atoms with Crippen molar-refractivity contribution in [3.05, 3.63) is 129 Å². The molecule has 0 bridgehead atoms. The summed E-state index contributed by atoms with van der Waals surface area (Å²) in [5, 5.41) is 2.20. The molecule has 0 unspecified atom stereocenters. The van der Waals surface area contributed by atoms with Gasteiger partial charge in [-0.05, 0) is 74.0 Å². The molecule has 1 heterocycles. The molecule has 1 amide bonds. The van der Waals surface area contributed by atoms with E-state index in [1.54, 1.807) is 17.0 Å². The van der Waals surface area contributed by atoms with Crippen molar-refractivity contribution >= 4 is 52.1 Å². The number of hydrogen-bond donors (Lipinski definition) is 0. The van der Waals surface area contributed by atoms with Crippen LogP contribution in [-0.2, 0) is 22.1 Å². The van der Waals surface area contributed by atoms with E-state index in [9.17, 15) is 13.6 Å². The van der Waals surface area contributed by atoms with Crippen molar-refractivity contribution < 1.29 is 18.0 Å². The third-order valence-electron chi connectivity index (χ3n) is 8.52. The van der Waals surface area contributed by atoms with E-state index in [1.807, 2.05) is 43.3 Å². The number of fused-ring (bicyclic) bond motifs is 1. The Balaban J connectivity index is 1.59. The molecule has 0 spiro atoms. The van der Waals surface area contributed by atoms with Gasteiger partial charge in [0.05, 0.1) is 29.6 Å². The van der Waals surface area contributed by atoms with Crippen LogP contribution in [0.5, 0.6) is 0 Å². The number of hydrogen-bond acceptors (Lipinski definition) is 2. The maximum Gasteiger partial charge on any atom is 0.261 e. The van der Waals surface area contributed by atoms with Gasteiger partial charge in [0, 0.05) is 10.6 Å². The third-order valence-corrected chi connectivity index (χ3v) is 14.7. The molecule has 3 nitrogen and oxygen atoms in total. The maximum absolute atomic E-state index is 14.8. The molecule has 0 radical (unpaired) electrons. The van der Waals surface area contributed by atoms with Crippen molar-refractivity contribution in [1.29, 1.82) is 0 Å². The van der Waals surface area contributed by atoms with Crippen molar-refractivity contribution in [2.75, 3.05) is 6.61 Å². The molecule has 0 N–H and O–H groups in total. The molecule has 0 aromatic heterocycles. The molecule has 0 saturated heterocycles. The SMILES string of the molecule is C[C@H]1c2ccc(F)c(Br)c2C[C@H](CO[Si](c2ccccc2)(c2ccccc2)C(C)(C)C)N1C(=O)Cc1c(F)cccc1Cl. The average molecular weight is 683 g/mol. The molecule has 4 aromatic carbocycles. The zero-order chi connectivity index (χ0) is 30.9. The molecule has 1 aliphatic heterocycles. The summed E-state index contributed by atoms with van der Waals surface area (Å²) in [6, 6.07) is 27.3.